The number of carbonyl (C=O) groups is 3. The fourth-order valence-corrected chi connectivity index (χ4v) is 3.39. The monoisotopic (exact) mass is 370 g/mol. The van der Waals surface area contributed by atoms with Crippen LogP contribution in [0.15, 0.2) is 30.3 Å². The molecule has 2 aromatic rings. The average Bonchev–Trinajstić information content (AvgIpc) is 2.95. The highest BCUT2D eigenvalue weighted by atomic mass is 16.4. The van der Waals surface area contributed by atoms with Gasteiger partial charge in [0.05, 0.1) is 17.7 Å². The number of nitrogens with one attached hydrogen (secondary N) is 1. The van der Waals surface area contributed by atoms with Gasteiger partial charge in [-0.15, -0.1) is 0 Å². The third-order valence-corrected chi connectivity index (χ3v) is 4.63. The zero-order valence-corrected chi connectivity index (χ0v) is 15.3. The number of amides is 2. The van der Waals surface area contributed by atoms with Crippen molar-refractivity contribution in [3.63, 3.8) is 0 Å². The van der Waals surface area contributed by atoms with Crippen molar-refractivity contribution < 1.29 is 19.5 Å². The van der Waals surface area contributed by atoms with Crippen molar-refractivity contribution >= 4 is 23.6 Å². The molecule has 0 radical (unpaired) electrons. The van der Waals surface area contributed by atoms with Crippen LogP contribution < -0.4 is 10.2 Å². The van der Waals surface area contributed by atoms with Crippen LogP contribution in [0.4, 0.5) is 5.82 Å². The second-order valence-corrected chi connectivity index (χ2v) is 6.66. The highest BCUT2D eigenvalue weighted by molar-refractivity contribution is 6.00. The summed E-state index contributed by atoms with van der Waals surface area (Å²) < 4.78 is 1.65. The Morgan fingerprint density at radius 2 is 2.07 bits per heavy atom. The molecule has 27 heavy (non-hydrogen) atoms. The van der Waals surface area contributed by atoms with Crippen molar-refractivity contribution in [2.24, 2.45) is 7.05 Å². The van der Waals surface area contributed by atoms with E-state index >= 15 is 0 Å². The largest absolute Gasteiger partial charge is 0.478 e. The summed E-state index contributed by atoms with van der Waals surface area (Å²) in [5.41, 5.74) is 1.33. The molecule has 8 heteroatoms. The molecule has 0 spiro atoms. The normalized spacial score (nSPS) is 17.0. The first-order chi connectivity index (χ1) is 12.9. The van der Waals surface area contributed by atoms with Gasteiger partial charge in [-0.25, -0.2) is 4.79 Å². The zero-order chi connectivity index (χ0) is 19.6. The summed E-state index contributed by atoms with van der Waals surface area (Å²) in [6.07, 6.45) is 1.22. The Morgan fingerprint density at radius 1 is 1.33 bits per heavy atom. The molecular formula is C19H22N4O4. The van der Waals surface area contributed by atoms with Crippen LogP contribution in [-0.2, 0) is 23.1 Å². The predicted octanol–water partition coefficient (Wildman–Crippen LogP) is 1.28. The lowest BCUT2D eigenvalue weighted by Crippen LogP contribution is -2.53. The lowest BCUT2D eigenvalue weighted by molar-refractivity contribution is -0.128. The molecule has 0 saturated carbocycles. The summed E-state index contributed by atoms with van der Waals surface area (Å²) in [5, 5.41) is 16.3. The number of benzene rings is 1. The molecule has 3 rings (SSSR count). The quantitative estimate of drug-likeness (QED) is 0.825. The highest BCUT2D eigenvalue weighted by Crippen LogP contribution is 2.21. The van der Waals surface area contributed by atoms with Crippen LogP contribution >= 0.6 is 0 Å². The number of nitrogens with zero attached hydrogens (tertiary/aromatic N) is 3. The van der Waals surface area contributed by atoms with E-state index in [1.54, 1.807) is 34.8 Å². The molecule has 0 aliphatic carbocycles. The van der Waals surface area contributed by atoms with E-state index in [9.17, 15) is 19.5 Å². The summed E-state index contributed by atoms with van der Waals surface area (Å²) in [5.74, 6) is -0.924. The van der Waals surface area contributed by atoms with Gasteiger partial charge in [0.15, 0.2) is 0 Å². The van der Waals surface area contributed by atoms with Crippen LogP contribution in [0.2, 0.25) is 0 Å². The number of anilines is 1. The Bertz CT molecular complexity index is 890. The van der Waals surface area contributed by atoms with Crippen molar-refractivity contribution in [2.75, 3.05) is 11.4 Å². The van der Waals surface area contributed by atoms with Crippen molar-refractivity contribution in [1.82, 2.24) is 15.1 Å². The first-order valence-electron chi connectivity index (χ1n) is 8.79. The molecule has 1 aromatic heterocycles. The van der Waals surface area contributed by atoms with Crippen LogP contribution in [0.25, 0.3) is 0 Å². The van der Waals surface area contributed by atoms with Crippen molar-refractivity contribution in [3.05, 3.63) is 47.2 Å². The number of aromatic carboxylic acids is 1. The Morgan fingerprint density at radius 3 is 2.74 bits per heavy atom. The van der Waals surface area contributed by atoms with Crippen molar-refractivity contribution in [3.8, 4) is 0 Å². The van der Waals surface area contributed by atoms with Crippen LogP contribution in [0.3, 0.4) is 0 Å². The predicted molar refractivity (Wildman–Crippen MR) is 98.6 cm³/mol. The third kappa shape index (κ3) is 3.99. The molecule has 1 saturated heterocycles. The minimum absolute atomic E-state index is 0.0862. The molecule has 142 valence electrons. The van der Waals surface area contributed by atoms with Crippen LogP contribution in [0.5, 0.6) is 0 Å². The summed E-state index contributed by atoms with van der Waals surface area (Å²) in [6, 6.07) is 7.58. The number of hydrogen-bond donors (Lipinski definition) is 2. The van der Waals surface area contributed by atoms with E-state index in [4.69, 9.17) is 0 Å². The molecule has 1 fully saturated rings. The Balaban J connectivity index is 1.70. The molecule has 2 N–H and O–H groups in total. The van der Waals surface area contributed by atoms with Crippen LogP contribution in [-0.4, -0.2) is 45.3 Å². The highest BCUT2D eigenvalue weighted by Gasteiger charge is 2.32. The molecule has 1 aromatic carbocycles. The van der Waals surface area contributed by atoms with Gasteiger partial charge in [0.25, 0.3) is 5.91 Å². The van der Waals surface area contributed by atoms with Gasteiger partial charge in [-0.2, -0.15) is 5.10 Å². The van der Waals surface area contributed by atoms with E-state index in [1.165, 1.54) is 6.07 Å². The maximum atomic E-state index is 12.8. The molecule has 2 amide bonds. The van der Waals surface area contributed by atoms with E-state index in [1.807, 2.05) is 13.0 Å². The summed E-state index contributed by atoms with van der Waals surface area (Å²) in [6.45, 7) is 2.43. The first-order valence-corrected chi connectivity index (χ1v) is 8.79. The van der Waals surface area contributed by atoms with E-state index in [0.29, 0.717) is 24.3 Å². The van der Waals surface area contributed by atoms with E-state index in [-0.39, 0.29) is 23.8 Å². The minimum Gasteiger partial charge on any atom is -0.478 e. The smallest absolute Gasteiger partial charge is 0.335 e. The summed E-state index contributed by atoms with van der Waals surface area (Å²) >= 11 is 0. The Hall–Kier alpha value is -3.16. The van der Waals surface area contributed by atoms with Gasteiger partial charge < -0.3 is 10.4 Å². The Labute approximate surface area is 156 Å². The van der Waals surface area contributed by atoms with Gasteiger partial charge in [0.1, 0.15) is 11.9 Å². The van der Waals surface area contributed by atoms with E-state index < -0.39 is 12.0 Å². The lowest BCUT2D eigenvalue weighted by atomic mass is 10.0. The maximum absolute atomic E-state index is 12.8. The van der Waals surface area contributed by atoms with E-state index in [0.717, 1.165) is 12.1 Å². The third-order valence-electron chi connectivity index (χ3n) is 4.63. The second-order valence-electron chi connectivity index (χ2n) is 6.66. The molecule has 1 atom stereocenters. The van der Waals surface area contributed by atoms with E-state index in [2.05, 4.69) is 10.4 Å². The molecular weight excluding hydrogens is 348 g/mol. The lowest BCUT2D eigenvalue weighted by Gasteiger charge is -2.32. The molecule has 1 aliphatic rings. The zero-order valence-electron chi connectivity index (χ0n) is 15.3. The number of hydrogen-bond acceptors (Lipinski definition) is 4. The van der Waals surface area contributed by atoms with Gasteiger partial charge in [-0.05, 0) is 31.4 Å². The van der Waals surface area contributed by atoms with Crippen molar-refractivity contribution in [2.45, 2.75) is 32.2 Å². The second kappa shape index (κ2) is 7.61. The van der Waals surface area contributed by atoms with Crippen LogP contribution in [0.1, 0.15) is 34.5 Å². The van der Waals surface area contributed by atoms with Crippen LogP contribution in [0, 0.1) is 6.92 Å². The number of carboxylic acids is 1. The number of piperidine rings is 1. The standard InChI is InChI=1S/C19H22N4O4/c1-12-10-17(22(2)21-12)23-9-5-8-15(18(23)25)20-16(24)11-13-6-3-4-7-14(13)19(26)27/h3-4,6-7,10,15H,5,8-9,11H2,1-2H3,(H,20,24)(H,26,27). The first kappa shape index (κ1) is 18.6. The SMILES string of the molecule is Cc1cc(N2CCCC(NC(=O)Cc3ccccc3C(=O)O)C2=O)n(C)n1. The van der Waals surface area contributed by atoms with Gasteiger partial charge >= 0.3 is 5.97 Å². The Kier molecular flexibility index (Phi) is 5.25. The average molecular weight is 370 g/mol. The molecule has 8 nitrogen and oxygen atoms in total. The van der Waals surface area contributed by atoms with Gasteiger partial charge in [-0.1, -0.05) is 18.2 Å². The minimum atomic E-state index is -1.08. The number of aryl methyl sites for hydroxylation is 2. The fraction of sp³-hybridized carbons (Fsp3) is 0.368. The number of aromatic nitrogens is 2. The number of carbonyl (C=O) groups excluding carboxylic acids is 2. The van der Waals surface area contributed by atoms with Gasteiger partial charge in [0.2, 0.25) is 5.91 Å². The molecule has 0 bridgehead atoms. The maximum Gasteiger partial charge on any atom is 0.335 e. The van der Waals surface area contributed by atoms with Gasteiger partial charge in [-0.3, -0.25) is 19.2 Å². The molecule has 1 unspecified atom stereocenters. The summed E-state index contributed by atoms with van der Waals surface area (Å²) in [7, 11) is 1.78. The fourth-order valence-electron chi connectivity index (χ4n) is 3.39. The number of carboxylic acid groups (broad SMARTS) is 1. The van der Waals surface area contributed by atoms with Gasteiger partial charge in [0, 0.05) is 19.7 Å². The topological polar surface area (TPSA) is 105 Å². The summed E-state index contributed by atoms with van der Waals surface area (Å²) in [4.78, 5) is 38.2. The van der Waals surface area contributed by atoms with Crippen molar-refractivity contribution in [1.29, 1.82) is 0 Å². The molecule has 1 aliphatic heterocycles. The molecule has 2 heterocycles. The number of rotatable bonds is 5.